The normalized spacial score (nSPS) is 12.7. The highest BCUT2D eigenvalue weighted by Crippen LogP contribution is 2.27. The standard InChI is InChI=1S/C19H21NS/c1-13-11-19(15(3)21-13)14(2)20-12-17-9-6-8-16-7-4-5-10-18(16)17/h4-11,14,20H,12H2,1-3H3. The highest BCUT2D eigenvalue weighted by atomic mass is 32.1. The van der Waals surface area contributed by atoms with Crippen molar-refractivity contribution in [2.75, 3.05) is 0 Å². The van der Waals surface area contributed by atoms with E-state index in [0.29, 0.717) is 6.04 Å². The van der Waals surface area contributed by atoms with Crippen LogP contribution in [0.4, 0.5) is 0 Å². The zero-order valence-electron chi connectivity index (χ0n) is 12.8. The van der Waals surface area contributed by atoms with E-state index in [1.807, 2.05) is 11.3 Å². The Hall–Kier alpha value is -1.64. The van der Waals surface area contributed by atoms with E-state index in [4.69, 9.17) is 0 Å². The van der Waals surface area contributed by atoms with Gasteiger partial charge in [0.2, 0.25) is 0 Å². The van der Waals surface area contributed by atoms with Crippen molar-refractivity contribution in [2.45, 2.75) is 33.4 Å². The second kappa shape index (κ2) is 6.00. The molecular weight excluding hydrogens is 274 g/mol. The van der Waals surface area contributed by atoms with Crippen molar-refractivity contribution < 1.29 is 0 Å². The van der Waals surface area contributed by atoms with Gasteiger partial charge < -0.3 is 5.32 Å². The number of thiophene rings is 1. The molecule has 1 unspecified atom stereocenters. The molecule has 1 N–H and O–H groups in total. The smallest absolute Gasteiger partial charge is 0.0305 e. The molecule has 21 heavy (non-hydrogen) atoms. The maximum Gasteiger partial charge on any atom is 0.0305 e. The number of nitrogens with one attached hydrogen (secondary N) is 1. The highest BCUT2D eigenvalue weighted by Gasteiger charge is 2.11. The van der Waals surface area contributed by atoms with Crippen molar-refractivity contribution in [3.63, 3.8) is 0 Å². The molecule has 0 aliphatic rings. The summed E-state index contributed by atoms with van der Waals surface area (Å²) in [5.74, 6) is 0. The molecule has 0 saturated heterocycles. The lowest BCUT2D eigenvalue weighted by atomic mass is 10.0. The minimum absolute atomic E-state index is 0.383. The van der Waals surface area contributed by atoms with Crippen LogP contribution in [0.2, 0.25) is 0 Å². The number of benzene rings is 2. The molecule has 0 saturated carbocycles. The Kier molecular flexibility index (Phi) is 4.09. The summed E-state index contributed by atoms with van der Waals surface area (Å²) in [6, 6.07) is 17.8. The zero-order valence-corrected chi connectivity index (χ0v) is 13.6. The van der Waals surface area contributed by atoms with Gasteiger partial charge in [0.1, 0.15) is 0 Å². The summed E-state index contributed by atoms with van der Waals surface area (Å²) in [5.41, 5.74) is 2.79. The fourth-order valence-electron chi connectivity index (χ4n) is 2.90. The van der Waals surface area contributed by atoms with Crippen LogP contribution in [-0.4, -0.2) is 0 Å². The van der Waals surface area contributed by atoms with Gasteiger partial charge in [-0.15, -0.1) is 11.3 Å². The molecule has 0 amide bonds. The van der Waals surface area contributed by atoms with Gasteiger partial charge in [-0.3, -0.25) is 0 Å². The van der Waals surface area contributed by atoms with Gasteiger partial charge in [0.05, 0.1) is 0 Å². The van der Waals surface area contributed by atoms with E-state index in [1.165, 1.54) is 31.7 Å². The summed E-state index contributed by atoms with van der Waals surface area (Å²) in [7, 11) is 0. The van der Waals surface area contributed by atoms with Gasteiger partial charge in [0.25, 0.3) is 0 Å². The third-order valence-electron chi connectivity index (χ3n) is 4.02. The first-order valence-corrected chi connectivity index (χ1v) is 8.24. The lowest BCUT2D eigenvalue weighted by Gasteiger charge is -2.15. The number of aryl methyl sites for hydroxylation is 2. The summed E-state index contributed by atoms with van der Waals surface area (Å²) in [6.45, 7) is 7.54. The van der Waals surface area contributed by atoms with Crippen LogP contribution < -0.4 is 5.32 Å². The third-order valence-corrected chi connectivity index (χ3v) is 5.01. The quantitative estimate of drug-likeness (QED) is 0.682. The lowest BCUT2D eigenvalue weighted by Crippen LogP contribution is -2.18. The monoisotopic (exact) mass is 295 g/mol. The summed E-state index contributed by atoms with van der Waals surface area (Å²) in [5, 5.41) is 6.33. The molecule has 108 valence electrons. The van der Waals surface area contributed by atoms with Crippen LogP contribution in [0.1, 0.15) is 33.8 Å². The van der Waals surface area contributed by atoms with Crippen LogP contribution in [0.3, 0.4) is 0 Å². The minimum Gasteiger partial charge on any atom is -0.306 e. The van der Waals surface area contributed by atoms with Gasteiger partial charge >= 0.3 is 0 Å². The highest BCUT2D eigenvalue weighted by molar-refractivity contribution is 7.12. The zero-order chi connectivity index (χ0) is 14.8. The van der Waals surface area contributed by atoms with Crippen LogP contribution in [-0.2, 0) is 6.54 Å². The van der Waals surface area contributed by atoms with Crippen LogP contribution >= 0.6 is 11.3 Å². The molecule has 1 nitrogen and oxygen atoms in total. The summed E-state index contributed by atoms with van der Waals surface area (Å²) < 4.78 is 0. The summed E-state index contributed by atoms with van der Waals surface area (Å²) in [6.07, 6.45) is 0. The molecule has 2 aromatic carbocycles. The van der Waals surface area contributed by atoms with E-state index in [2.05, 4.69) is 74.6 Å². The average molecular weight is 295 g/mol. The molecule has 2 heteroatoms. The largest absolute Gasteiger partial charge is 0.306 e. The van der Waals surface area contributed by atoms with E-state index in [-0.39, 0.29) is 0 Å². The number of hydrogen-bond acceptors (Lipinski definition) is 2. The van der Waals surface area contributed by atoms with Crippen LogP contribution in [0.25, 0.3) is 10.8 Å². The number of rotatable bonds is 4. The molecule has 0 aliphatic heterocycles. The van der Waals surface area contributed by atoms with Gasteiger partial charge in [-0.05, 0) is 48.7 Å². The Morgan fingerprint density at radius 1 is 1.05 bits per heavy atom. The molecule has 0 fully saturated rings. The Bertz CT molecular complexity index is 752. The van der Waals surface area contributed by atoms with Crippen LogP contribution in [0, 0.1) is 13.8 Å². The SMILES string of the molecule is Cc1cc(C(C)NCc2cccc3ccccc23)c(C)s1. The lowest BCUT2D eigenvalue weighted by molar-refractivity contribution is 0.576. The summed E-state index contributed by atoms with van der Waals surface area (Å²) in [4.78, 5) is 2.81. The fourth-order valence-corrected chi connectivity index (χ4v) is 3.92. The van der Waals surface area contributed by atoms with E-state index in [9.17, 15) is 0 Å². The molecule has 1 heterocycles. The first kappa shape index (κ1) is 14.3. The second-order valence-electron chi connectivity index (χ2n) is 5.61. The number of hydrogen-bond donors (Lipinski definition) is 1. The minimum atomic E-state index is 0.383. The Morgan fingerprint density at radius 3 is 2.57 bits per heavy atom. The maximum absolute atomic E-state index is 3.67. The van der Waals surface area contributed by atoms with Crippen molar-refractivity contribution in [3.05, 3.63) is 69.4 Å². The maximum atomic E-state index is 3.67. The molecule has 0 radical (unpaired) electrons. The predicted octanol–water partition coefficient (Wildman–Crippen LogP) is 5.37. The molecule has 0 bridgehead atoms. The van der Waals surface area contributed by atoms with Crippen LogP contribution in [0.5, 0.6) is 0 Å². The molecule has 1 aromatic heterocycles. The predicted molar refractivity (Wildman–Crippen MR) is 93.0 cm³/mol. The van der Waals surface area contributed by atoms with Crippen molar-refractivity contribution in [2.24, 2.45) is 0 Å². The van der Waals surface area contributed by atoms with Gasteiger partial charge in [-0.2, -0.15) is 0 Å². The van der Waals surface area contributed by atoms with Gasteiger partial charge in [0, 0.05) is 22.3 Å². The Labute approximate surface area is 130 Å². The molecule has 3 rings (SSSR count). The molecule has 0 spiro atoms. The summed E-state index contributed by atoms with van der Waals surface area (Å²) >= 11 is 1.88. The van der Waals surface area contributed by atoms with Gasteiger partial charge in [-0.1, -0.05) is 42.5 Å². The average Bonchev–Trinajstić information content (AvgIpc) is 2.83. The van der Waals surface area contributed by atoms with E-state index in [0.717, 1.165) is 6.54 Å². The molecule has 0 aliphatic carbocycles. The van der Waals surface area contributed by atoms with E-state index < -0.39 is 0 Å². The van der Waals surface area contributed by atoms with Gasteiger partial charge in [-0.25, -0.2) is 0 Å². The topological polar surface area (TPSA) is 12.0 Å². The molecule has 1 atom stereocenters. The first-order chi connectivity index (χ1) is 10.1. The van der Waals surface area contributed by atoms with E-state index >= 15 is 0 Å². The molecular formula is C19H21NS. The molecule has 3 aromatic rings. The second-order valence-corrected chi connectivity index (χ2v) is 7.07. The van der Waals surface area contributed by atoms with Crippen molar-refractivity contribution >= 4 is 22.1 Å². The first-order valence-electron chi connectivity index (χ1n) is 7.42. The number of fused-ring (bicyclic) bond motifs is 1. The van der Waals surface area contributed by atoms with E-state index in [1.54, 1.807) is 0 Å². The Balaban J connectivity index is 1.79. The Morgan fingerprint density at radius 2 is 1.81 bits per heavy atom. The van der Waals surface area contributed by atoms with Gasteiger partial charge in [0.15, 0.2) is 0 Å². The van der Waals surface area contributed by atoms with Crippen LogP contribution in [0.15, 0.2) is 48.5 Å². The van der Waals surface area contributed by atoms with Crippen molar-refractivity contribution in [3.8, 4) is 0 Å². The third kappa shape index (κ3) is 3.02. The van der Waals surface area contributed by atoms with Crippen molar-refractivity contribution in [1.82, 2.24) is 5.32 Å². The van der Waals surface area contributed by atoms with Crippen molar-refractivity contribution in [1.29, 1.82) is 0 Å². The fraction of sp³-hybridized carbons (Fsp3) is 0.263.